The number of hydrogen-bond acceptors (Lipinski definition) is 7. The smallest absolute Gasteiger partial charge is 0.267 e. The van der Waals surface area contributed by atoms with Gasteiger partial charge in [0.25, 0.3) is 11.5 Å². The van der Waals surface area contributed by atoms with Crippen LogP contribution in [0.25, 0.3) is 15.9 Å². The Bertz CT molecular complexity index is 1430. The van der Waals surface area contributed by atoms with Crippen LogP contribution in [0.15, 0.2) is 69.9 Å². The third-order valence-corrected chi connectivity index (χ3v) is 7.86. The number of rotatable bonds is 6. The molecule has 0 atom stereocenters. The molecular formula is C25H23N5O2S2. The molecule has 4 aromatic rings. The minimum Gasteiger partial charge on any atom is -0.272 e. The van der Waals surface area contributed by atoms with Gasteiger partial charge in [0.2, 0.25) is 0 Å². The summed E-state index contributed by atoms with van der Waals surface area (Å²) in [6.07, 6.45) is 7.54. The van der Waals surface area contributed by atoms with Crippen LogP contribution >= 0.6 is 23.1 Å². The number of hydrogen-bond donors (Lipinski definition) is 1. The largest absolute Gasteiger partial charge is 0.272 e. The zero-order valence-corrected chi connectivity index (χ0v) is 20.3. The molecule has 1 aliphatic rings. The van der Waals surface area contributed by atoms with Gasteiger partial charge >= 0.3 is 0 Å². The zero-order valence-electron chi connectivity index (χ0n) is 18.7. The van der Waals surface area contributed by atoms with Gasteiger partial charge in [-0.3, -0.25) is 19.1 Å². The molecule has 0 unspecified atom stereocenters. The first kappa shape index (κ1) is 22.5. The first-order chi connectivity index (χ1) is 16.6. The van der Waals surface area contributed by atoms with Crippen molar-refractivity contribution in [3.05, 3.63) is 81.2 Å². The average Bonchev–Trinajstić information content (AvgIpc) is 3.25. The summed E-state index contributed by atoms with van der Waals surface area (Å²) in [7, 11) is 0. The number of benzene rings is 1. The van der Waals surface area contributed by atoms with E-state index in [-0.39, 0.29) is 17.2 Å². The van der Waals surface area contributed by atoms with Gasteiger partial charge in [0.15, 0.2) is 5.16 Å². The maximum absolute atomic E-state index is 13.7. The molecule has 5 rings (SSSR count). The van der Waals surface area contributed by atoms with Crippen molar-refractivity contribution in [2.75, 3.05) is 5.75 Å². The molecule has 0 aliphatic heterocycles. The normalized spacial score (nSPS) is 13.6. The van der Waals surface area contributed by atoms with E-state index in [1.165, 1.54) is 16.6 Å². The van der Waals surface area contributed by atoms with Crippen molar-refractivity contribution in [1.29, 1.82) is 0 Å². The Hall–Kier alpha value is -3.30. The fraction of sp³-hybridized carbons (Fsp3) is 0.240. The van der Waals surface area contributed by atoms with Gasteiger partial charge in [-0.25, -0.2) is 10.4 Å². The number of amides is 1. The number of nitrogens with zero attached hydrogens (tertiary/aromatic N) is 4. The number of thiophene rings is 1. The number of nitrogens with one attached hydrogen (secondary N) is 1. The van der Waals surface area contributed by atoms with Gasteiger partial charge in [-0.15, -0.1) is 11.3 Å². The summed E-state index contributed by atoms with van der Waals surface area (Å²) in [4.78, 5) is 37.2. The lowest BCUT2D eigenvalue weighted by molar-refractivity contribution is -0.118. The summed E-state index contributed by atoms with van der Waals surface area (Å²) in [5.74, 6) is -0.188. The van der Waals surface area contributed by atoms with Crippen LogP contribution in [0, 0.1) is 0 Å². The zero-order chi connectivity index (χ0) is 23.5. The van der Waals surface area contributed by atoms with Crippen LogP contribution in [0.5, 0.6) is 0 Å². The summed E-state index contributed by atoms with van der Waals surface area (Å²) in [6, 6.07) is 13.2. The number of aryl methyl sites for hydroxylation is 2. The average molecular weight is 490 g/mol. The van der Waals surface area contributed by atoms with Crippen LogP contribution in [0.4, 0.5) is 0 Å². The molecule has 0 saturated carbocycles. The van der Waals surface area contributed by atoms with Crippen LogP contribution in [0.3, 0.4) is 0 Å². The second-order valence-corrected chi connectivity index (χ2v) is 10.1. The third-order valence-electron chi connectivity index (χ3n) is 5.73. The quantitative estimate of drug-likeness (QED) is 0.188. The van der Waals surface area contributed by atoms with E-state index in [0.29, 0.717) is 10.9 Å². The highest BCUT2D eigenvalue weighted by molar-refractivity contribution is 7.99. The van der Waals surface area contributed by atoms with Gasteiger partial charge in [-0.05, 0) is 56.4 Å². The predicted molar refractivity (Wildman–Crippen MR) is 137 cm³/mol. The van der Waals surface area contributed by atoms with Crippen molar-refractivity contribution in [2.24, 2.45) is 5.10 Å². The van der Waals surface area contributed by atoms with E-state index in [0.717, 1.165) is 52.7 Å². The Labute approximate surface area is 205 Å². The number of hydrazone groups is 1. The molecule has 1 N–H and O–H groups in total. The molecule has 3 aromatic heterocycles. The van der Waals surface area contributed by atoms with Gasteiger partial charge < -0.3 is 0 Å². The second kappa shape index (κ2) is 9.90. The first-order valence-corrected chi connectivity index (χ1v) is 12.9. The first-order valence-electron chi connectivity index (χ1n) is 11.1. The topological polar surface area (TPSA) is 89.2 Å². The number of carbonyl (C=O) groups is 1. The summed E-state index contributed by atoms with van der Waals surface area (Å²) in [6.45, 7) is 1.81. The number of para-hydroxylation sites is 1. The lowest BCUT2D eigenvalue weighted by atomic mass is 9.97. The molecule has 0 fully saturated rings. The molecule has 0 spiro atoms. The van der Waals surface area contributed by atoms with Crippen molar-refractivity contribution in [2.45, 2.75) is 37.8 Å². The van der Waals surface area contributed by atoms with Crippen molar-refractivity contribution in [3.63, 3.8) is 0 Å². The van der Waals surface area contributed by atoms with Gasteiger partial charge in [0.1, 0.15) is 4.83 Å². The van der Waals surface area contributed by atoms with Crippen LogP contribution in [0.1, 0.15) is 35.8 Å². The summed E-state index contributed by atoms with van der Waals surface area (Å²) >= 11 is 2.85. The van der Waals surface area contributed by atoms with Crippen LogP contribution < -0.4 is 11.0 Å². The van der Waals surface area contributed by atoms with Crippen LogP contribution in [0.2, 0.25) is 0 Å². The number of carbonyl (C=O) groups excluding carboxylic acids is 1. The second-order valence-electron chi connectivity index (χ2n) is 8.02. The highest BCUT2D eigenvalue weighted by atomic mass is 32.2. The van der Waals surface area contributed by atoms with Crippen LogP contribution in [-0.4, -0.2) is 31.9 Å². The van der Waals surface area contributed by atoms with E-state index in [1.807, 2.05) is 49.4 Å². The highest BCUT2D eigenvalue weighted by Crippen LogP contribution is 2.35. The number of pyridine rings is 1. The fourth-order valence-electron chi connectivity index (χ4n) is 4.04. The minimum atomic E-state index is -0.271. The van der Waals surface area contributed by atoms with Crippen molar-refractivity contribution in [1.82, 2.24) is 20.0 Å². The standard InChI is InChI=1S/C25H23N5O2S2/c1-16(17-8-7-13-26-14-17)28-29-21(31)15-33-25-27-23-22(19-11-5-6-12-20(19)34-23)24(32)30(25)18-9-3-2-4-10-18/h2-4,7-10,13-14H,5-6,11-12,15H2,1H3,(H,29,31). The number of aromatic nitrogens is 3. The highest BCUT2D eigenvalue weighted by Gasteiger charge is 2.23. The molecular weight excluding hydrogens is 466 g/mol. The molecule has 1 aromatic carbocycles. The Morgan fingerprint density at radius 2 is 2.00 bits per heavy atom. The minimum absolute atomic E-state index is 0.0658. The maximum Gasteiger partial charge on any atom is 0.267 e. The van der Waals surface area contributed by atoms with Crippen molar-refractivity contribution in [3.8, 4) is 5.69 Å². The molecule has 172 valence electrons. The lowest BCUT2D eigenvalue weighted by Crippen LogP contribution is -2.24. The fourth-order valence-corrected chi connectivity index (χ4v) is 6.15. The Morgan fingerprint density at radius 3 is 2.79 bits per heavy atom. The summed E-state index contributed by atoms with van der Waals surface area (Å²) in [5, 5.41) is 5.41. The molecule has 0 saturated heterocycles. The summed E-state index contributed by atoms with van der Waals surface area (Å²) in [5.41, 5.74) is 5.92. The molecule has 7 nitrogen and oxygen atoms in total. The maximum atomic E-state index is 13.7. The molecule has 1 amide bonds. The van der Waals surface area contributed by atoms with E-state index < -0.39 is 0 Å². The Kier molecular flexibility index (Phi) is 6.55. The van der Waals surface area contributed by atoms with Crippen LogP contribution in [-0.2, 0) is 17.6 Å². The van der Waals surface area contributed by atoms with E-state index in [1.54, 1.807) is 28.3 Å². The SMILES string of the molecule is CC(=NNC(=O)CSc1nc2sc3c(c2c(=O)n1-c1ccccc1)CCCC3)c1cccnc1. The molecule has 3 heterocycles. The molecule has 9 heteroatoms. The van der Waals surface area contributed by atoms with E-state index in [2.05, 4.69) is 15.5 Å². The number of thioether (sulfide) groups is 1. The van der Waals surface area contributed by atoms with Gasteiger partial charge in [-0.2, -0.15) is 5.10 Å². The third kappa shape index (κ3) is 4.53. The van der Waals surface area contributed by atoms with E-state index in [9.17, 15) is 9.59 Å². The van der Waals surface area contributed by atoms with E-state index in [4.69, 9.17) is 4.98 Å². The van der Waals surface area contributed by atoms with Gasteiger partial charge in [0.05, 0.1) is 22.5 Å². The van der Waals surface area contributed by atoms with Crippen molar-refractivity contribution < 1.29 is 4.79 Å². The molecule has 1 aliphatic carbocycles. The van der Waals surface area contributed by atoms with Gasteiger partial charge in [-0.1, -0.05) is 36.0 Å². The monoisotopic (exact) mass is 489 g/mol. The van der Waals surface area contributed by atoms with E-state index >= 15 is 0 Å². The Balaban J connectivity index is 1.44. The molecule has 0 radical (unpaired) electrons. The summed E-state index contributed by atoms with van der Waals surface area (Å²) < 4.78 is 1.63. The predicted octanol–water partition coefficient (Wildman–Crippen LogP) is 4.35. The Morgan fingerprint density at radius 1 is 1.18 bits per heavy atom. The molecule has 0 bridgehead atoms. The van der Waals surface area contributed by atoms with Crippen molar-refractivity contribution >= 4 is 44.9 Å². The molecule has 34 heavy (non-hydrogen) atoms. The van der Waals surface area contributed by atoms with Gasteiger partial charge in [0, 0.05) is 22.8 Å². The number of fused-ring (bicyclic) bond motifs is 3. The lowest BCUT2D eigenvalue weighted by Gasteiger charge is -2.13.